The minimum atomic E-state index is -1.28. The van der Waals surface area contributed by atoms with E-state index >= 15 is 0 Å². The van der Waals surface area contributed by atoms with Crippen molar-refractivity contribution >= 4 is 11.8 Å². The topological polar surface area (TPSA) is 98.7 Å². The van der Waals surface area contributed by atoms with Gasteiger partial charge in [0.25, 0.3) is 0 Å². The summed E-state index contributed by atoms with van der Waals surface area (Å²) < 4.78 is 0. The number of carbonyl (C=O) groups excluding carboxylic acids is 2. The largest absolute Gasteiger partial charge is 0.396 e. The molecule has 0 aliphatic heterocycles. The van der Waals surface area contributed by atoms with Gasteiger partial charge in [0.05, 0.1) is 6.61 Å². The highest BCUT2D eigenvalue weighted by atomic mass is 16.3. The molecule has 128 valence electrons. The van der Waals surface area contributed by atoms with Crippen molar-refractivity contribution in [3.63, 3.8) is 0 Å². The maximum Gasteiger partial charge on any atom is 0.249 e. The van der Waals surface area contributed by atoms with Crippen molar-refractivity contribution in [1.82, 2.24) is 10.6 Å². The van der Waals surface area contributed by atoms with Gasteiger partial charge >= 0.3 is 0 Å². The number of aliphatic hydroxyl groups excluding tert-OH is 2. The molecule has 1 rings (SSSR count). The van der Waals surface area contributed by atoms with Gasteiger partial charge in [0.1, 0.15) is 6.10 Å². The standard InChI is InChI=1S/C17H26N2O4/c1-17(2,12-20)15(22)16(23)18-10-6-9-14(21)19-11-13-7-4-3-5-8-13/h3-5,7-8,15,20,22H,6,9-12H2,1-2H3,(H,18,23)(H,19,21)/t15-/m0/s1. The van der Waals surface area contributed by atoms with Crippen LogP contribution in [-0.4, -0.2) is 41.3 Å². The van der Waals surface area contributed by atoms with Gasteiger partial charge in [0, 0.05) is 24.9 Å². The van der Waals surface area contributed by atoms with Crippen molar-refractivity contribution in [2.24, 2.45) is 5.41 Å². The predicted molar refractivity (Wildman–Crippen MR) is 87.4 cm³/mol. The molecule has 1 aromatic rings. The third kappa shape index (κ3) is 6.80. The SMILES string of the molecule is CC(C)(CO)[C@@H](O)C(=O)NCCCC(=O)NCc1ccccc1. The van der Waals surface area contributed by atoms with Crippen LogP contribution in [0.2, 0.25) is 0 Å². The van der Waals surface area contributed by atoms with E-state index in [0.717, 1.165) is 5.56 Å². The van der Waals surface area contributed by atoms with Gasteiger partial charge in [-0.1, -0.05) is 44.2 Å². The van der Waals surface area contributed by atoms with Gasteiger partial charge in [-0.3, -0.25) is 9.59 Å². The normalized spacial score (nSPS) is 12.5. The maximum absolute atomic E-state index is 11.7. The quantitative estimate of drug-likeness (QED) is 0.500. The molecule has 0 saturated carbocycles. The smallest absolute Gasteiger partial charge is 0.249 e. The first-order valence-corrected chi connectivity index (χ1v) is 7.74. The van der Waals surface area contributed by atoms with Crippen LogP contribution in [0.5, 0.6) is 0 Å². The Kier molecular flexibility index (Phi) is 7.71. The molecule has 0 fully saturated rings. The fourth-order valence-electron chi connectivity index (χ4n) is 1.88. The van der Waals surface area contributed by atoms with E-state index < -0.39 is 17.4 Å². The van der Waals surface area contributed by atoms with Crippen LogP contribution >= 0.6 is 0 Å². The van der Waals surface area contributed by atoms with Gasteiger partial charge in [-0.05, 0) is 12.0 Å². The molecular formula is C17H26N2O4. The second-order valence-electron chi connectivity index (χ2n) is 6.21. The minimum absolute atomic E-state index is 0.0839. The zero-order valence-corrected chi connectivity index (χ0v) is 13.7. The predicted octanol–water partition coefficient (Wildman–Crippen LogP) is 0.579. The number of rotatable bonds is 9. The molecule has 0 aliphatic carbocycles. The number of aliphatic hydroxyl groups is 2. The van der Waals surface area contributed by atoms with Crippen molar-refractivity contribution in [3.8, 4) is 0 Å². The fourth-order valence-corrected chi connectivity index (χ4v) is 1.88. The first-order valence-electron chi connectivity index (χ1n) is 7.74. The summed E-state index contributed by atoms with van der Waals surface area (Å²) in [7, 11) is 0. The fraction of sp³-hybridized carbons (Fsp3) is 0.529. The lowest BCUT2D eigenvalue weighted by atomic mass is 9.87. The van der Waals surface area contributed by atoms with Crippen LogP contribution in [0, 0.1) is 5.41 Å². The molecule has 0 heterocycles. The zero-order valence-electron chi connectivity index (χ0n) is 13.7. The van der Waals surface area contributed by atoms with Gasteiger partial charge < -0.3 is 20.8 Å². The highest BCUT2D eigenvalue weighted by Gasteiger charge is 2.32. The second-order valence-corrected chi connectivity index (χ2v) is 6.21. The molecule has 6 nitrogen and oxygen atoms in total. The summed E-state index contributed by atoms with van der Waals surface area (Å²) in [6.45, 7) is 3.71. The second kappa shape index (κ2) is 9.27. The molecule has 0 radical (unpaired) electrons. The summed E-state index contributed by atoms with van der Waals surface area (Å²) in [6, 6.07) is 9.61. The van der Waals surface area contributed by atoms with Crippen molar-refractivity contribution < 1.29 is 19.8 Å². The van der Waals surface area contributed by atoms with E-state index in [9.17, 15) is 14.7 Å². The Morgan fingerprint density at radius 3 is 2.43 bits per heavy atom. The average molecular weight is 322 g/mol. The summed E-state index contributed by atoms with van der Waals surface area (Å²) in [5.74, 6) is -0.618. The van der Waals surface area contributed by atoms with Crippen molar-refractivity contribution in [2.75, 3.05) is 13.2 Å². The van der Waals surface area contributed by atoms with E-state index in [0.29, 0.717) is 25.9 Å². The first kappa shape index (κ1) is 19.1. The van der Waals surface area contributed by atoms with E-state index in [2.05, 4.69) is 10.6 Å². The molecule has 0 aliphatic rings. The Bertz CT molecular complexity index is 503. The number of carbonyl (C=O) groups is 2. The van der Waals surface area contributed by atoms with Gasteiger partial charge in [0.2, 0.25) is 11.8 Å². The summed E-state index contributed by atoms with van der Waals surface area (Å²) in [4.78, 5) is 23.4. The van der Waals surface area contributed by atoms with Gasteiger partial charge in [-0.25, -0.2) is 0 Å². The maximum atomic E-state index is 11.7. The molecule has 2 amide bonds. The number of hydrogen-bond acceptors (Lipinski definition) is 4. The van der Waals surface area contributed by atoms with Gasteiger partial charge in [-0.2, -0.15) is 0 Å². The van der Waals surface area contributed by atoms with E-state index in [1.165, 1.54) is 0 Å². The number of benzene rings is 1. The monoisotopic (exact) mass is 322 g/mol. The summed E-state index contributed by atoms with van der Waals surface area (Å²) in [6.07, 6.45) is -0.495. The van der Waals surface area contributed by atoms with Crippen molar-refractivity contribution in [3.05, 3.63) is 35.9 Å². The molecule has 0 unspecified atom stereocenters. The molecule has 4 N–H and O–H groups in total. The number of hydrogen-bond donors (Lipinski definition) is 4. The Labute approximate surface area is 136 Å². The molecule has 6 heteroatoms. The lowest BCUT2D eigenvalue weighted by Crippen LogP contribution is -2.45. The van der Waals surface area contributed by atoms with Crippen molar-refractivity contribution in [2.45, 2.75) is 39.3 Å². The molecule has 1 aromatic carbocycles. The summed E-state index contributed by atoms with van der Waals surface area (Å²) in [5.41, 5.74) is 0.139. The third-order valence-electron chi connectivity index (χ3n) is 3.61. The average Bonchev–Trinajstić information content (AvgIpc) is 2.56. The number of amides is 2. The van der Waals surface area contributed by atoms with Crippen LogP contribution in [0.3, 0.4) is 0 Å². The Balaban J connectivity index is 2.19. The molecular weight excluding hydrogens is 296 g/mol. The Morgan fingerprint density at radius 1 is 1.17 bits per heavy atom. The van der Waals surface area contributed by atoms with E-state index in [-0.39, 0.29) is 12.5 Å². The highest BCUT2D eigenvalue weighted by molar-refractivity contribution is 5.81. The van der Waals surface area contributed by atoms with Crippen LogP contribution < -0.4 is 10.6 Å². The van der Waals surface area contributed by atoms with Gasteiger partial charge in [-0.15, -0.1) is 0 Å². The van der Waals surface area contributed by atoms with Crippen LogP contribution in [0.4, 0.5) is 0 Å². The Hall–Kier alpha value is -1.92. The summed E-state index contributed by atoms with van der Waals surface area (Å²) in [5, 5.41) is 24.3. The first-order chi connectivity index (χ1) is 10.9. The molecule has 0 spiro atoms. The molecule has 23 heavy (non-hydrogen) atoms. The van der Waals surface area contributed by atoms with Crippen LogP contribution in [0.1, 0.15) is 32.3 Å². The van der Waals surface area contributed by atoms with Crippen molar-refractivity contribution in [1.29, 1.82) is 0 Å². The van der Waals surface area contributed by atoms with Crippen LogP contribution in [0.15, 0.2) is 30.3 Å². The molecule has 0 bridgehead atoms. The number of nitrogens with one attached hydrogen (secondary N) is 2. The van der Waals surface area contributed by atoms with Gasteiger partial charge in [0.15, 0.2) is 0 Å². The molecule has 0 saturated heterocycles. The van der Waals surface area contributed by atoms with Crippen LogP contribution in [0.25, 0.3) is 0 Å². The van der Waals surface area contributed by atoms with E-state index in [1.54, 1.807) is 13.8 Å². The highest BCUT2D eigenvalue weighted by Crippen LogP contribution is 2.19. The van der Waals surface area contributed by atoms with Crippen LogP contribution in [-0.2, 0) is 16.1 Å². The summed E-state index contributed by atoms with van der Waals surface area (Å²) >= 11 is 0. The molecule has 0 aromatic heterocycles. The van der Waals surface area contributed by atoms with E-state index in [1.807, 2.05) is 30.3 Å². The molecule has 1 atom stereocenters. The third-order valence-corrected chi connectivity index (χ3v) is 3.61. The Morgan fingerprint density at radius 2 is 1.83 bits per heavy atom. The minimum Gasteiger partial charge on any atom is -0.396 e. The van der Waals surface area contributed by atoms with E-state index in [4.69, 9.17) is 5.11 Å². The lowest BCUT2D eigenvalue weighted by Gasteiger charge is -2.27. The lowest BCUT2D eigenvalue weighted by molar-refractivity contribution is -0.137. The zero-order chi connectivity index (χ0) is 17.3.